The molecule has 0 saturated heterocycles. The number of benzene rings is 2. The first-order valence-corrected chi connectivity index (χ1v) is 8.55. The number of hydrogen-bond acceptors (Lipinski definition) is 3. The van der Waals surface area contributed by atoms with Gasteiger partial charge in [0, 0.05) is 12.1 Å². The molecule has 0 fully saturated rings. The van der Waals surface area contributed by atoms with E-state index < -0.39 is 6.04 Å². The Kier molecular flexibility index (Phi) is 6.51. The van der Waals surface area contributed by atoms with Crippen molar-refractivity contribution in [3.05, 3.63) is 70.8 Å². The third-order valence-electron chi connectivity index (χ3n) is 4.10. The van der Waals surface area contributed by atoms with Gasteiger partial charge < -0.3 is 10.6 Å². The Morgan fingerprint density at radius 2 is 1.65 bits per heavy atom. The summed E-state index contributed by atoms with van der Waals surface area (Å²) in [6.07, 6.45) is 0. The van der Waals surface area contributed by atoms with E-state index in [1.807, 2.05) is 32.9 Å². The first-order chi connectivity index (χ1) is 12.4. The van der Waals surface area contributed by atoms with Gasteiger partial charge in [-0.05, 0) is 42.7 Å². The highest BCUT2D eigenvalue weighted by atomic mass is 16.2. The predicted octanol–water partition coefficient (Wildman–Crippen LogP) is 2.94. The summed E-state index contributed by atoms with van der Waals surface area (Å²) in [6.45, 7) is 6.08. The van der Waals surface area contributed by atoms with Crippen LogP contribution >= 0.6 is 0 Å². The van der Waals surface area contributed by atoms with Crippen LogP contribution in [0, 0.1) is 24.2 Å². The van der Waals surface area contributed by atoms with E-state index in [2.05, 4.69) is 16.7 Å². The largest absolute Gasteiger partial charge is 0.350 e. The number of carbonyl (C=O) groups is 2. The van der Waals surface area contributed by atoms with Gasteiger partial charge in [-0.2, -0.15) is 5.26 Å². The number of rotatable bonds is 6. The Balaban J connectivity index is 1.99. The van der Waals surface area contributed by atoms with E-state index in [-0.39, 0.29) is 17.7 Å². The van der Waals surface area contributed by atoms with Crippen molar-refractivity contribution in [2.24, 2.45) is 5.92 Å². The maximum Gasteiger partial charge on any atom is 0.251 e. The fraction of sp³-hybridized carbons (Fsp3) is 0.286. The highest BCUT2D eigenvalue weighted by Gasteiger charge is 2.24. The Bertz CT molecular complexity index is 803. The number of carbonyl (C=O) groups excluding carboxylic acids is 2. The fourth-order valence-electron chi connectivity index (χ4n) is 2.46. The molecule has 0 aliphatic carbocycles. The summed E-state index contributed by atoms with van der Waals surface area (Å²) < 4.78 is 0. The molecule has 0 aliphatic rings. The summed E-state index contributed by atoms with van der Waals surface area (Å²) >= 11 is 0. The van der Waals surface area contributed by atoms with Crippen molar-refractivity contribution in [3.63, 3.8) is 0 Å². The number of amides is 2. The molecule has 1 unspecified atom stereocenters. The van der Waals surface area contributed by atoms with Crippen molar-refractivity contribution in [1.29, 1.82) is 5.26 Å². The van der Waals surface area contributed by atoms with Crippen LogP contribution in [0.5, 0.6) is 0 Å². The number of nitrogens with one attached hydrogen (secondary N) is 2. The molecule has 0 aromatic heterocycles. The minimum absolute atomic E-state index is 0.0506. The van der Waals surface area contributed by atoms with E-state index in [9.17, 15) is 9.59 Å². The van der Waals surface area contributed by atoms with E-state index in [0.29, 0.717) is 17.7 Å². The summed E-state index contributed by atoms with van der Waals surface area (Å²) in [5.41, 5.74) is 3.07. The second-order valence-corrected chi connectivity index (χ2v) is 6.59. The maximum atomic E-state index is 12.5. The molecule has 0 aliphatic heterocycles. The van der Waals surface area contributed by atoms with Crippen molar-refractivity contribution in [2.45, 2.75) is 33.4 Å². The van der Waals surface area contributed by atoms with Crippen LogP contribution < -0.4 is 10.6 Å². The van der Waals surface area contributed by atoms with E-state index in [1.165, 1.54) is 0 Å². The third kappa shape index (κ3) is 5.18. The number of aryl methyl sites for hydroxylation is 1. The summed E-state index contributed by atoms with van der Waals surface area (Å²) in [5, 5.41) is 14.5. The van der Waals surface area contributed by atoms with Crippen LogP contribution in [0.2, 0.25) is 0 Å². The summed E-state index contributed by atoms with van der Waals surface area (Å²) in [4.78, 5) is 24.9. The molecule has 134 valence electrons. The molecule has 26 heavy (non-hydrogen) atoms. The zero-order valence-corrected chi connectivity index (χ0v) is 15.2. The van der Waals surface area contributed by atoms with Crippen molar-refractivity contribution in [1.82, 2.24) is 10.6 Å². The third-order valence-corrected chi connectivity index (χ3v) is 4.10. The van der Waals surface area contributed by atoms with Crippen molar-refractivity contribution < 1.29 is 9.59 Å². The Hall–Kier alpha value is -3.13. The zero-order valence-electron chi connectivity index (χ0n) is 15.2. The minimum atomic E-state index is -0.623. The van der Waals surface area contributed by atoms with Crippen LogP contribution in [0.3, 0.4) is 0 Å². The number of hydrogen-bond donors (Lipinski definition) is 2. The van der Waals surface area contributed by atoms with Gasteiger partial charge in [-0.1, -0.05) is 43.7 Å². The molecule has 5 nitrogen and oxygen atoms in total. The van der Waals surface area contributed by atoms with Gasteiger partial charge in [-0.25, -0.2) is 0 Å². The van der Waals surface area contributed by atoms with E-state index in [1.54, 1.807) is 36.4 Å². The Morgan fingerprint density at radius 3 is 2.19 bits per heavy atom. The Labute approximate surface area is 154 Å². The molecule has 0 spiro atoms. The van der Waals surface area contributed by atoms with Gasteiger partial charge in [-0.15, -0.1) is 0 Å². The molecule has 5 heteroatoms. The molecule has 2 aromatic carbocycles. The lowest BCUT2D eigenvalue weighted by molar-refractivity contribution is -0.124. The molecule has 0 heterocycles. The maximum absolute atomic E-state index is 12.5. The summed E-state index contributed by atoms with van der Waals surface area (Å²) in [5.74, 6) is -0.549. The Morgan fingerprint density at radius 1 is 1.04 bits per heavy atom. The molecule has 2 aromatic rings. The van der Waals surface area contributed by atoms with Gasteiger partial charge in [0.05, 0.1) is 11.6 Å². The molecule has 0 radical (unpaired) electrons. The first kappa shape index (κ1) is 19.2. The van der Waals surface area contributed by atoms with Crippen LogP contribution in [0.25, 0.3) is 0 Å². The molecule has 2 rings (SSSR count). The highest BCUT2D eigenvalue weighted by Crippen LogP contribution is 2.08. The molecule has 0 bridgehead atoms. The molecule has 0 saturated carbocycles. The number of nitrogens with zero attached hydrogens (tertiary/aromatic N) is 1. The first-order valence-electron chi connectivity index (χ1n) is 8.55. The quantitative estimate of drug-likeness (QED) is 0.841. The lowest BCUT2D eigenvalue weighted by Gasteiger charge is -2.22. The normalized spacial score (nSPS) is 11.5. The average Bonchev–Trinajstić information content (AvgIpc) is 2.64. The second-order valence-electron chi connectivity index (χ2n) is 6.59. The lowest BCUT2D eigenvalue weighted by Crippen LogP contribution is -2.49. The second kappa shape index (κ2) is 8.82. The molecule has 1 atom stereocenters. The molecule has 2 N–H and O–H groups in total. The van der Waals surface area contributed by atoms with Crippen molar-refractivity contribution in [3.8, 4) is 6.07 Å². The van der Waals surface area contributed by atoms with Crippen LogP contribution in [-0.2, 0) is 11.3 Å². The van der Waals surface area contributed by atoms with Crippen LogP contribution in [0.4, 0.5) is 0 Å². The van der Waals surface area contributed by atoms with Crippen molar-refractivity contribution in [2.75, 3.05) is 0 Å². The molecule has 2 amide bonds. The van der Waals surface area contributed by atoms with E-state index >= 15 is 0 Å². The zero-order chi connectivity index (χ0) is 19.1. The molecular weight excluding hydrogens is 326 g/mol. The van der Waals surface area contributed by atoms with Gasteiger partial charge >= 0.3 is 0 Å². The minimum Gasteiger partial charge on any atom is -0.350 e. The van der Waals surface area contributed by atoms with E-state index in [0.717, 1.165) is 11.1 Å². The fourth-order valence-corrected chi connectivity index (χ4v) is 2.46. The smallest absolute Gasteiger partial charge is 0.251 e. The summed E-state index contributed by atoms with van der Waals surface area (Å²) in [7, 11) is 0. The monoisotopic (exact) mass is 349 g/mol. The SMILES string of the molecule is Cc1ccc(C(=O)NC(C(=O)NCc2ccc(C#N)cc2)C(C)C)cc1. The standard InChI is InChI=1S/C21H23N3O2/c1-14(2)19(24-20(25)18-10-4-15(3)5-11-18)21(26)23-13-17-8-6-16(12-22)7-9-17/h4-11,14,19H,13H2,1-3H3,(H,23,26)(H,24,25). The topological polar surface area (TPSA) is 82.0 Å². The lowest BCUT2D eigenvalue weighted by atomic mass is 10.0. The van der Waals surface area contributed by atoms with Crippen molar-refractivity contribution >= 4 is 11.8 Å². The van der Waals surface area contributed by atoms with Crippen LogP contribution in [0.1, 0.15) is 40.9 Å². The summed E-state index contributed by atoms with van der Waals surface area (Å²) in [6, 6.07) is 15.7. The average molecular weight is 349 g/mol. The highest BCUT2D eigenvalue weighted by molar-refractivity contribution is 5.97. The van der Waals surface area contributed by atoms with Gasteiger partial charge in [0.15, 0.2) is 0 Å². The van der Waals surface area contributed by atoms with Gasteiger partial charge in [-0.3, -0.25) is 9.59 Å². The van der Waals surface area contributed by atoms with E-state index in [4.69, 9.17) is 5.26 Å². The number of nitriles is 1. The van der Waals surface area contributed by atoms with Gasteiger partial charge in [0.1, 0.15) is 6.04 Å². The van der Waals surface area contributed by atoms with Crippen LogP contribution in [-0.4, -0.2) is 17.9 Å². The van der Waals surface area contributed by atoms with Crippen LogP contribution in [0.15, 0.2) is 48.5 Å². The van der Waals surface area contributed by atoms with Gasteiger partial charge in [0.25, 0.3) is 5.91 Å². The predicted molar refractivity (Wildman–Crippen MR) is 100 cm³/mol. The van der Waals surface area contributed by atoms with Gasteiger partial charge in [0.2, 0.25) is 5.91 Å². The molecular formula is C21H23N3O2.